The molecule has 0 aliphatic carbocycles. The van der Waals surface area contributed by atoms with Crippen molar-refractivity contribution >= 4 is 5.91 Å². The van der Waals surface area contributed by atoms with Gasteiger partial charge in [0.15, 0.2) is 11.5 Å². The third kappa shape index (κ3) is 2.50. The van der Waals surface area contributed by atoms with Gasteiger partial charge in [0.25, 0.3) is 5.91 Å². The number of halogens is 1. The Morgan fingerprint density at radius 3 is 2.71 bits per heavy atom. The van der Waals surface area contributed by atoms with Crippen molar-refractivity contribution in [2.24, 2.45) is 0 Å². The lowest BCUT2D eigenvalue weighted by atomic mass is 10.0. The molecule has 4 rings (SSSR count). The van der Waals surface area contributed by atoms with Crippen LogP contribution in [-0.2, 0) is 13.0 Å². The molecule has 3 heterocycles. The Bertz CT molecular complexity index is 895. The van der Waals surface area contributed by atoms with Gasteiger partial charge in [0.05, 0.1) is 6.54 Å². The number of hydrogen-bond acceptors (Lipinski definition) is 4. The lowest BCUT2D eigenvalue weighted by Gasteiger charge is -2.25. The summed E-state index contributed by atoms with van der Waals surface area (Å²) in [6.07, 6.45) is 0.636. The normalized spacial score (nSPS) is 13.8. The van der Waals surface area contributed by atoms with E-state index in [1.807, 2.05) is 0 Å². The van der Waals surface area contributed by atoms with Crippen molar-refractivity contribution in [3.63, 3.8) is 0 Å². The number of nitrogens with zero attached hydrogens (tertiary/aromatic N) is 2. The van der Waals surface area contributed by atoms with Crippen molar-refractivity contribution in [1.82, 2.24) is 10.1 Å². The Labute approximate surface area is 137 Å². The minimum atomic E-state index is -0.294. The molecule has 2 aromatic heterocycles. The molecule has 0 saturated carbocycles. The molecule has 0 fully saturated rings. The zero-order valence-electron chi connectivity index (χ0n) is 13.1. The number of benzene rings is 1. The van der Waals surface area contributed by atoms with E-state index in [4.69, 9.17) is 8.94 Å². The average molecular weight is 326 g/mol. The molecular weight excluding hydrogens is 311 g/mol. The van der Waals surface area contributed by atoms with E-state index in [-0.39, 0.29) is 11.7 Å². The van der Waals surface area contributed by atoms with Crippen LogP contribution in [0.1, 0.15) is 27.6 Å². The molecule has 1 aliphatic rings. The topological polar surface area (TPSA) is 59.5 Å². The summed E-state index contributed by atoms with van der Waals surface area (Å²) in [5, 5.41) is 4.09. The molecule has 3 aromatic rings. The van der Waals surface area contributed by atoms with Crippen LogP contribution in [0.2, 0.25) is 0 Å². The van der Waals surface area contributed by atoms with E-state index in [0.29, 0.717) is 36.8 Å². The highest BCUT2D eigenvalue weighted by Crippen LogP contribution is 2.30. The Kier molecular flexibility index (Phi) is 3.45. The van der Waals surface area contributed by atoms with Gasteiger partial charge in [-0.3, -0.25) is 4.79 Å². The highest BCUT2D eigenvalue weighted by molar-refractivity contribution is 5.91. The molecule has 5 nitrogen and oxygen atoms in total. The predicted octanol–water partition coefficient (Wildman–Crippen LogP) is 3.58. The Morgan fingerprint density at radius 1 is 1.21 bits per heavy atom. The maximum absolute atomic E-state index is 13.1. The van der Waals surface area contributed by atoms with Gasteiger partial charge in [0.2, 0.25) is 0 Å². The van der Waals surface area contributed by atoms with Crippen LogP contribution in [0.4, 0.5) is 4.39 Å². The summed E-state index contributed by atoms with van der Waals surface area (Å²) in [4.78, 5) is 14.2. The molecule has 1 aromatic carbocycles. The highest BCUT2D eigenvalue weighted by Gasteiger charge is 2.28. The summed E-state index contributed by atoms with van der Waals surface area (Å²) in [6.45, 7) is 2.73. The first-order valence-electron chi connectivity index (χ1n) is 7.71. The second-order valence-corrected chi connectivity index (χ2v) is 5.83. The van der Waals surface area contributed by atoms with Crippen LogP contribution in [0.5, 0.6) is 0 Å². The Hall–Kier alpha value is -2.89. The van der Waals surface area contributed by atoms with E-state index in [9.17, 15) is 9.18 Å². The molecular formula is C18H15FN2O3. The van der Waals surface area contributed by atoms with Crippen LogP contribution in [0, 0.1) is 12.7 Å². The number of rotatable bonds is 2. The van der Waals surface area contributed by atoms with E-state index in [1.165, 1.54) is 12.1 Å². The molecule has 0 bridgehead atoms. The van der Waals surface area contributed by atoms with Crippen LogP contribution in [0.25, 0.3) is 11.3 Å². The zero-order valence-corrected chi connectivity index (χ0v) is 13.1. The predicted molar refractivity (Wildman–Crippen MR) is 83.8 cm³/mol. The summed E-state index contributed by atoms with van der Waals surface area (Å²) in [5.74, 6) is 1.23. The standard InChI is InChI=1S/C18H15FN2O3/c1-11-2-7-16(23-11)18(22)21-9-8-14-15(10-21)20-24-17(14)12-3-5-13(19)6-4-12/h2-7H,8-10H2,1H3. The van der Waals surface area contributed by atoms with Gasteiger partial charge in [-0.05, 0) is 49.7 Å². The van der Waals surface area contributed by atoms with Gasteiger partial charge in [0.1, 0.15) is 17.3 Å². The summed E-state index contributed by atoms with van der Waals surface area (Å²) in [5.41, 5.74) is 2.49. The van der Waals surface area contributed by atoms with E-state index in [1.54, 1.807) is 36.1 Å². The number of furan rings is 1. The zero-order chi connectivity index (χ0) is 16.7. The first-order valence-corrected chi connectivity index (χ1v) is 7.71. The molecule has 1 amide bonds. The van der Waals surface area contributed by atoms with Crippen LogP contribution in [0.3, 0.4) is 0 Å². The fraction of sp³-hybridized carbons (Fsp3) is 0.222. The number of carbonyl (C=O) groups excluding carboxylic acids is 1. The second-order valence-electron chi connectivity index (χ2n) is 5.83. The summed E-state index contributed by atoms with van der Waals surface area (Å²) in [7, 11) is 0. The number of hydrogen-bond donors (Lipinski definition) is 0. The lowest BCUT2D eigenvalue weighted by Crippen LogP contribution is -2.35. The molecule has 0 atom stereocenters. The lowest BCUT2D eigenvalue weighted by molar-refractivity contribution is 0.0698. The Balaban J connectivity index is 1.58. The van der Waals surface area contributed by atoms with Gasteiger partial charge >= 0.3 is 0 Å². The molecule has 0 unspecified atom stereocenters. The largest absolute Gasteiger partial charge is 0.456 e. The number of carbonyl (C=O) groups is 1. The van der Waals surface area contributed by atoms with E-state index in [0.717, 1.165) is 16.8 Å². The van der Waals surface area contributed by atoms with Crippen LogP contribution in [0.15, 0.2) is 45.3 Å². The number of amides is 1. The van der Waals surface area contributed by atoms with Crippen molar-refractivity contribution < 1.29 is 18.1 Å². The van der Waals surface area contributed by atoms with Gasteiger partial charge in [0, 0.05) is 17.7 Å². The molecule has 24 heavy (non-hydrogen) atoms. The molecule has 6 heteroatoms. The van der Waals surface area contributed by atoms with Gasteiger partial charge in [-0.2, -0.15) is 0 Å². The van der Waals surface area contributed by atoms with Crippen molar-refractivity contribution in [2.45, 2.75) is 19.9 Å². The Morgan fingerprint density at radius 2 is 2.00 bits per heavy atom. The van der Waals surface area contributed by atoms with Gasteiger partial charge < -0.3 is 13.8 Å². The van der Waals surface area contributed by atoms with E-state index in [2.05, 4.69) is 5.16 Å². The number of fused-ring (bicyclic) bond motifs is 1. The number of aromatic nitrogens is 1. The maximum atomic E-state index is 13.1. The first kappa shape index (κ1) is 14.7. The third-order valence-corrected chi connectivity index (χ3v) is 4.19. The van der Waals surface area contributed by atoms with Crippen molar-refractivity contribution in [3.05, 3.63) is 65.0 Å². The van der Waals surface area contributed by atoms with Crippen molar-refractivity contribution in [2.75, 3.05) is 6.54 Å². The van der Waals surface area contributed by atoms with Crippen molar-refractivity contribution in [3.8, 4) is 11.3 Å². The van der Waals surface area contributed by atoms with Crippen LogP contribution < -0.4 is 0 Å². The van der Waals surface area contributed by atoms with Gasteiger partial charge in [-0.25, -0.2) is 4.39 Å². The maximum Gasteiger partial charge on any atom is 0.289 e. The third-order valence-electron chi connectivity index (χ3n) is 4.19. The minimum Gasteiger partial charge on any atom is -0.456 e. The molecule has 0 saturated heterocycles. The van der Waals surface area contributed by atoms with Crippen LogP contribution >= 0.6 is 0 Å². The smallest absolute Gasteiger partial charge is 0.289 e. The molecule has 1 aliphatic heterocycles. The van der Waals surface area contributed by atoms with E-state index < -0.39 is 0 Å². The quantitative estimate of drug-likeness (QED) is 0.722. The van der Waals surface area contributed by atoms with Crippen LogP contribution in [-0.4, -0.2) is 22.5 Å². The minimum absolute atomic E-state index is 0.153. The SMILES string of the molecule is Cc1ccc(C(=O)N2CCc3c(noc3-c3ccc(F)cc3)C2)o1. The fourth-order valence-corrected chi connectivity index (χ4v) is 2.94. The van der Waals surface area contributed by atoms with Gasteiger partial charge in [-0.15, -0.1) is 0 Å². The van der Waals surface area contributed by atoms with E-state index >= 15 is 0 Å². The average Bonchev–Trinajstić information content (AvgIpc) is 3.20. The molecule has 0 N–H and O–H groups in total. The van der Waals surface area contributed by atoms with Gasteiger partial charge in [-0.1, -0.05) is 5.16 Å². The monoisotopic (exact) mass is 326 g/mol. The molecule has 0 radical (unpaired) electrons. The first-order chi connectivity index (χ1) is 11.6. The second kappa shape index (κ2) is 5.63. The summed E-state index contributed by atoms with van der Waals surface area (Å²) < 4.78 is 23.9. The van der Waals surface area contributed by atoms with Crippen molar-refractivity contribution in [1.29, 1.82) is 0 Å². The summed E-state index contributed by atoms with van der Waals surface area (Å²) in [6, 6.07) is 9.56. The highest BCUT2D eigenvalue weighted by atomic mass is 19.1. The fourth-order valence-electron chi connectivity index (χ4n) is 2.94. The molecule has 0 spiro atoms. The summed E-state index contributed by atoms with van der Waals surface area (Å²) >= 11 is 0. The molecule has 122 valence electrons. The number of aryl methyl sites for hydroxylation is 1.